The molecule has 3 amide bonds. The van der Waals surface area contributed by atoms with Crippen molar-refractivity contribution in [2.45, 2.75) is 56.8 Å². The summed E-state index contributed by atoms with van der Waals surface area (Å²) in [6.45, 7) is 4.47. The zero-order valence-electron chi connectivity index (χ0n) is 17.0. The largest absolute Gasteiger partial charge is 0.349 e. The smallest absolute Gasteiger partial charge is 0.317 e. The molecule has 1 fully saturated rings. The Kier molecular flexibility index (Phi) is 6.08. The number of hydrogen-bond donors (Lipinski definition) is 1. The first kappa shape index (κ1) is 19.7. The summed E-state index contributed by atoms with van der Waals surface area (Å²) in [6.07, 6.45) is 5.69. The average Bonchev–Trinajstić information content (AvgIpc) is 2.96. The Morgan fingerprint density at radius 1 is 1.22 bits per heavy atom. The number of nitrogens with zero attached hydrogens (tertiary/aromatic N) is 2. The number of unbranched alkanes of at least 4 members (excludes halogenated alkanes) is 1. The van der Waals surface area contributed by atoms with Crippen LogP contribution in [-0.2, 0) is 10.2 Å². The molecular formula is C22H33N3O2. The molecule has 5 heteroatoms. The maximum atomic E-state index is 12.4. The third-order valence-corrected chi connectivity index (χ3v) is 6.34. The predicted octanol–water partition coefficient (Wildman–Crippen LogP) is 3.50. The molecule has 1 atom stereocenters. The van der Waals surface area contributed by atoms with Gasteiger partial charge in [-0.1, -0.05) is 37.6 Å². The molecule has 3 rings (SSSR count). The lowest BCUT2D eigenvalue weighted by Gasteiger charge is -2.40. The van der Waals surface area contributed by atoms with E-state index in [1.165, 1.54) is 11.1 Å². The lowest BCUT2D eigenvalue weighted by molar-refractivity contribution is -0.129. The molecule has 148 valence electrons. The van der Waals surface area contributed by atoms with E-state index in [1.54, 1.807) is 4.90 Å². The highest BCUT2D eigenvalue weighted by Crippen LogP contribution is 2.52. The van der Waals surface area contributed by atoms with Gasteiger partial charge in [0, 0.05) is 40.2 Å². The summed E-state index contributed by atoms with van der Waals surface area (Å²) in [7, 11) is 3.66. The van der Waals surface area contributed by atoms with Crippen molar-refractivity contribution in [3.8, 4) is 0 Å². The molecule has 1 heterocycles. The second-order valence-electron chi connectivity index (χ2n) is 8.33. The van der Waals surface area contributed by atoms with Crippen molar-refractivity contribution in [2.75, 3.05) is 33.7 Å². The van der Waals surface area contributed by atoms with Crippen LogP contribution in [0.3, 0.4) is 0 Å². The summed E-state index contributed by atoms with van der Waals surface area (Å²) in [5.74, 6) is 0.487. The highest BCUT2D eigenvalue weighted by atomic mass is 16.2. The number of likely N-dealkylation sites (tertiary alicyclic amines) is 1. The molecule has 1 aliphatic carbocycles. The summed E-state index contributed by atoms with van der Waals surface area (Å²) in [5.41, 5.74) is 2.87. The van der Waals surface area contributed by atoms with E-state index in [9.17, 15) is 9.59 Å². The van der Waals surface area contributed by atoms with E-state index in [1.807, 2.05) is 19.0 Å². The number of carbonyl (C=O) groups is 2. The molecule has 1 aromatic carbocycles. The zero-order valence-corrected chi connectivity index (χ0v) is 17.0. The summed E-state index contributed by atoms with van der Waals surface area (Å²) >= 11 is 0. The molecule has 5 nitrogen and oxygen atoms in total. The number of urea groups is 1. The van der Waals surface area contributed by atoms with Crippen LogP contribution in [0.4, 0.5) is 4.79 Å². The zero-order chi connectivity index (χ0) is 19.4. The maximum Gasteiger partial charge on any atom is 0.317 e. The van der Waals surface area contributed by atoms with Gasteiger partial charge >= 0.3 is 6.03 Å². The standard InChI is InChI=1S/C22H33N3O2/c1-4-5-12-23-21(27)25-13-10-22(11-14-25)16-17(15-20(26)24(2)3)18-8-6-7-9-19(18)22/h6-9,17H,4-5,10-16H2,1-3H3,(H,23,27). The number of benzene rings is 1. The molecule has 1 aliphatic heterocycles. The Morgan fingerprint density at radius 2 is 1.93 bits per heavy atom. The third kappa shape index (κ3) is 4.12. The highest BCUT2D eigenvalue weighted by molar-refractivity contribution is 5.77. The van der Waals surface area contributed by atoms with Gasteiger partial charge in [-0.05, 0) is 48.1 Å². The lowest BCUT2D eigenvalue weighted by atomic mass is 9.73. The summed E-state index contributed by atoms with van der Waals surface area (Å²) in [4.78, 5) is 28.3. The first-order valence-corrected chi connectivity index (χ1v) is 10.3. The van der Waals surface area contributed by atoms with E-state index in [2.05, 4.69) is 36.5 Å². The molecule has 0 radical (unpaired) electrons. The third-order valence-electron chi connectivity index (χ3n) is 6.34. The number of carbonyl (C=O) groups excluding carboxylic acids is 2. The molecule has 1 saturated heterocycles. The number of piperidine rings is 1. The van der Waals surface area contributed by atoms with Gasteiger partial charge in [-0.3, -0.25) is 4.79 Å². The van der Waals surface area contributed by atoms with Crippen LogP contribution in [0, 0.1) is 0 Å². The minimum atomic E-state index is 0.0731. The fourth-order valence-electron chi connectivity index (χ4n) is 4.70. The van der Waals surface area contributed by atoms with E-state index < -0.39 is 0 Å². The van der Waals surface area contributed by atoms with Crippen LogP contribution < -0.4 is 5.32 Å². The predicted molar refractivity (Wildman–Crippen MR) is 108 cm³/mol. The molecule has 1 spiro atoms. The van der Waals surface area contributed by atoms with Crippen molar-refractivity contribution in [1.82, 2.24) is 15.1 Å². The van der Waals surface area contributed by atoms with Crippen molar-refractivity contribution < 1.29 is 9.59 Å². The van der Waals surface area contributed by atoms with Gasteiger partial charge in [-0.2, -0.15) is 0 Å². The highest BCUT2D eigenvalue weighted by Gasteiger charge is 2.46. The van der Waals surface area contributed by atoms with Crippen molar-refractivity contribution in [3.63, 3.8) is 0 Å². The van der Waals surface area contributed by atoms with Gasteiger partial charge in [-0.15, -0.1) is 0 Å². The second-order valence-corrected chi connectivity index (χ2v) is 8.33. The van der Waals surface area contributed by atoms with Gasteiger partial charge in [-0.25, -0.2) is 4.79 Å². The van der Waals surface area contributed by atoms with Crippen molar-refractivity contribution in [1.29, 1.82) is 0 Å². The Bertz CT molecular complexity index is 678. The molecule has 2 aliphatic rings. The minimum absolute atomic E-state index is 0.0731. The normalized spacial score (nSPS) is 20.4. The van der Waals surface area contributed by atoms with E-state index in [4.69, 9.17) is 0 Å². The minimum Gasteiger partial charge on any atom is -0.349 e. The van der Waals surface area contributed by atoms with Crippen molar-refractivity contribution in [3.05, 3.63) is 35.4 Å². The molecule has 1 aromatic rings. The molecule has 0 bridgehead atoms. The summed E-state index contributed by atoms with van der Waals surface area (Å²) in [5, 5.41) is 3.04. The van der Waals surface area contributed by atoms with Gasteiger partial charge in [0.2, 0.25) is 5.91 Å². The first-order valence-electron chi connectivity index (χ1n) is 10.3. The number of nitrogens with one attached hydrogen (secondary N) is 1. The molecule has 1 unspecified atom stereocenters. The fraction of sp³-hybridized carbons (Fsp3) is 0.636. The summed E-state index contributed by atoms with van der Waals surface area (Å²) in [6, 6.07) is 8.71. The molecule has 0 saturated carbocycles. The van der Waals surface area contributed by atoms with E-state index in [0.29, 0.717) is 12.3 Å². The molecular weight excluding hydrogens is 338 g/mol. The van der Waals surface area contributed by atoms with E-state index in [0.717, 1.165) is 51.7 Å². The fourth-order valence-corrected chi connectivity index (χ4v) is 4.70. The molecule has 0 aromatic heterocycles. The Labute approximate surface area is 163 Å². The number of fused-ring (bicyclic) bond motifs is 2. The lowest BCUT2D eigenvalue weighted by Crippen LogP contribution is -2.48. The quantitative estimate of drug-likeness (QED) is 0.806. The van der Waals surface area contributed by atoms with Crippen molar-refractivity contribution >= 4 is 11.9 Å². The second kappa shape index (κ2) is 8.32. The Balaban J connectivity index is 1.69. The van der Waals surface area contributed by atoms with Crippen LogP contribution in [0.5, 0.6) is 0 Å². The van der Waals surface area contributed by atoms with Crippen LogP contribution in [0.2, 0.25) is 0 Å². The monoisotopic (exact) mass is 371 g/mol. The summed E-state index contributed by atoms with van der Waals surface area (Å²) < 4.78 is 0. The van der Waals surface area contributed by atoms with Crippen LogP contribution in [0.15, 0.2) is 24.3 Å². The Hall–Kier alpha value is -2.04. The van der Waals surface area contributed by atoms with Crippen LogP contribution in [0.1, 0.15) is 62.5 Å². The van der Waals surface area contributed by atoms with Crippen molar-refractivity contribution in [2.24, 2.45) is 0 Å². The topological polar surface area (TPSA) is 52.7 Å². The van der Waals surface area contributed by atoms with Gasteiger partial charge in [0.1, 0.15) is 0 Å². The first-order chi connectivity index (χ1) is 13.0. The SMILES string of the molecule is CCCCNC(=O)N1CCC2(CC1)CC(CC(=O)N(C)C)c1ccccc12. The molecule has 27 heavy (non-hydrogen) atoms. The number of hydrogen-bond acceptors (Lipinski definition) is 2. The van der Waals surface area contributed by atoms with Gasteiger partial charge in [0.05, 0.1) is 0 Å². The maximum absolute atomic E-state index is 12.4. The van der Waals surface area contributed by atoms with Crippen LogP contribution in [0.25, 0.3) is 0 Å². The van der Waals surface area contributed by atoms with E-state index >= 15 is 0 Å². The Morgan fingerprint density at radius 3 is 2.59 bits per heavy atom. The average molecular weight is 372 g/mol. The number of rotatable bonds is 5. The number of amides is 3. The van der Waals surface area contributed by atoms with Crippen LogP contribution >= 0.6 is 0 Å². The van der Waals surface area contributed by atoms with Gasteiger partial charge in [0.25, 0.3) is 0 Å². The van der Waals surface area contributed by atoms with Gasteiger partial charge < -0.3 is 15.1 Å². The van der Waals surface area contributed by atoms with Crippen LogP contribution in [-0.4, -0.2) is 55.5 Å². The van der Waals surface area contributed by atoms with E-state index in [-0.39, 0.29) is 17.4 Å². The van der Waals surface area contributed by atoms with Gasteiger partial charge in [0.15, 0.2) is 0 Å². The molecule has 1 N–H and O–H groups in total.